The molecule has 15 heavy (non-hydrogen) atoms. The Hall–Kier alpha value is -0.430. The summed E-state index contributed by atoms with van der Waals surface area (Å²) in [5.74, 6) is 0. The summed E-state index contributed by atoms with van der Waals surface area (Å²) in [6.07, 6.45) is 3.87. The maximum absolute atomic E-state index is 2.40. The normalized spacial score (nSPS) is 21.1. The molecule has 1 heterocycles. The van der Waals surface area contributed by atoms with Crippen LogP contribution < -0.4 is 0 Å². The van der Waals surface area contributed by atoms with Crippen LogP contribution in [-0.2, 0) is 6.42 Å². The van der Waals surface area contributed by atoms with E-state index in [1.807, 2.05) is 0 Å². The summed E-state index contributed by atoms with van der Waals surface area (Å²) in [5, 5.41) is 0.789. The van der Waals surface area contributed by atoms with Crippen LogP contribution in [-0.4, -0.2) is 5.25 Å². The second-order valence-corrected chi connectivity index (χ2v) is 6.34. The molecule has 0 aromatic heterocycles. The van der Waals surface area contributed by atoms with Gasteiger partial charge < -0.3 is 0 Å². The number of fused-ring (bicyclic) bond motifs is 1. The molecule has 82 valence electrons. The van der Waals surface area contributed by atoms with E-state index in [1.54, 1.807) is 5.56 Å². The van der Waals surface area contributed by atoms with Crippen molar-refractivity contribution in [2.24, 2.45) is 5.41 Å². The lowest BCUT2D eigenvalue weighted by atomic mass is 9.83. The van der Waals surface area contributed by atoms with Crippen molar-refractivity contribution >= 4 is 11.8 Å². The Morgan fingerprint density at radius 2 is 2.07 bits per heavy atom. The fourth-order valence-electron chi connectivity index (χ4n) is 2.10. The lowest BCUT2D eigenvalue weighted by Crippen LogP contribution is -2.28. The molecule has 0 saturated heterocycles. The van der Waals surface area contributed by atoms with Gasteiger partial charge >= 0.3 is 0 Å². The lowest BCUT2D eigenvalue weighted by molar-refractivity contribution is 0.323. The number of hydrogen-bond acceptors (Lipinski definition) is 1. The average molecular weight is 220 g/mol. The van der Waals surface area contributed by atoms with E-state index in [0.29, 0.717) is 5.41 Å². The molecule has 0 spiro atoms. The van der Waals surface area contributed by atoms with E-state index in [4.69, 9.17) is 0 Å². The molecular formula is C14H20S. The van der Waals surface area contributed by atoms with Gasteiger partial charge in [0, 0.05) is 10.1 Å². The first kappa shape index (κ1) is 11.1. The minimum atomic E-state index is 0.470. The summed E-state index contributed by atoms with van der Waals surface area (Å²) in [4.78, 5) is 1.51. The summed E-state index contributed by atoms with van der Waals surface area (Å²) in [5.41, 5.74) is 2.02. The molecule has 0 amide bonds. The highest BCUT2D eigenvalue weighted by Gasteiger charge is 2.31. The van der Waals surface area contributed by atoms with Gasteiger partial charge in [0.05, 0.1) is 0 Å². The third kappa shape index (κ3) is 2.23. The predicted octanol–water partition coefficient (Wildman–Crippen LogP) is 4.53. The monoisotopic (exact) mass is 220 g/mol. The van der Waals surface area contributed by atoms with Crippen LogP contribution in [0.1, 0.15) is 39.2 Å². The van der Waals surface area contributed by atoms with Crippen molar-refractivity contribution in [3.8, 4) is 0 Å². The minimum Gasteiger partial charge on any atom is -0.122 e. The maximum atomic E-state index is 2.40. The standard InChI is InChI=1S/C14H20S/c1-4-14(2,3)13-10-9-11-7-5-6-8-12(11)15-13/h5-8,13H,4,9-10H2,1-3H3. The first-order valence-electron chi connectivity index (χ1n) is 5.88. The van der Waals surface area contributed by atoms with Gasteiger partial charge in [-0.25, -0.2) is 0 Å². The van der Waals surface area contributed by atoms with Gasteiger partial charge in [-0.1, -0.05) is 39.0 Å². The summed E-state index contributed by atoms with van der Waals surface area (Å²) < 4.78 is 0. The Balaban J connectivity index is 2.19. The van der Waals surface area contributed by atoms with Gasteiger partial charge in [-0.15, -0.1) is 11.8 Å². The molecule has 1 aromatic rings. The zero-order chi connectivity index (χ0) is 10.9. The van der Waals surface area contributed by atoms with Gasteiger partial charge in [0.1, 0.15) is 0 Å². The van der Waals surface area contributed by atoms with Crippen molar-refractivity contribution in [2.45, 2.75) is 50.2 Å². The van der Waals surface area contributed by atoms with Crippen molar-refractivity contribution in [2.75, 3.05) is 0 Å². The molecule has 0 N–H and O–H groups in total. The fourth-order valence-corrected chi connectivity index (χ4v) is 3.61. The third-order valence-electron chi connectivity index (χ3n) is 3.70. The average Bonchev–Trinajstić information content (AvgIpc) is 2.28. The molecule has 0 saturated carbocycles. The smallest absolute Gasteiger partial charge is 0.0149 e. The van der Waals surface area contributed by atoms with Crippen LogP contribution in [0, 0.1) is 5.41 Å². The molecule has 0 bridgehead atoms. The van der Waals surface area contributed by atoms with Crippen molar-refractivity contribution in [3.05, 3.63) is 29.8 Å². The summed E-state index contributed by atoms with van der Waals surface area (Å²) in [6.45, 7) is 7.11. The van der Waals surface area contributed by atoms with Crippen molar-refractivity contribution in [1.29, 1.82) is 0 Å². The SMILES string of the molecule is CCC(C)(C)C1CCc2ccccc2S1. The highest BCUT2D eigenvalue weighted by Crippen LogP contribution is 2.44. The van der Waals surface area contributed by atoms with Crippen LogP contribution in [0.25, 0.3) is 0 Å². The van der Waals surface area contributed by atoms with Crippen molar-refractivity contribution in [1.82, 2.24) is 0 Å². The number of thioether (sulfide) groups is 1. The van der Waals surface area contributed by atoms with Crippen LogP contribution in [0.5, 0.6) is 0 Å². The Bertz CT molecular complexity index is 341. The fraction of sp³-hybridized carbons (Fsp3) is 0.571. The maximum Gasteiger partial charge on any atom is 0.0149 e. The third-order valence-corrected chi connectivity index (χ3v) is 5.51. The van der Waals surface area contributed by atoms with Gasteiger partial charge in [-0.05, 0) is 36.3 Å². The Morgan fingerprint density at radius 1 is 1.33 bits per heavy atom. The van der Waals surface area contributed by atoms with Gasteiger partial charge in [0.2, 0.25) is 0 Å². The number of rotatable bonds is 2. The molecular weight excluding hydrogens is 200 g/mol. The van der Waals surface area contributed by atoms with Gasteiger partial charge in [0.15, 0.2) is 0 Å². The number of benzene rings is 1. The molecule has 1 aliphatic rings. The Kier molecular flexibility index (Phi) is 3.11. The second-order valence-electron chi connectivity index (χ2n) is 5.10. The van der Waals surface area contributed by atoms with Crippen LogP contribution in [0.15, 0.2) is 29.2 Å². The highest BCUT2D eigenvalue weighted by molar-refractivity contribution is 8.00. The molecule has 0 radical (unpaired) electrons. The van der Waals surface area contributed by atoms with Crippen molar-refractivity contribution < 1.29 is 0 Å². The minimum absolute atomic E-state index is 0.470. The van der Waals surface area contributed by atoms with Gasteiger partial charge in [0.25, 0.3) is 0 Å². The molecule has 0 nitrogen and oxygen atoms in total. The van der Waals surface area contributed by atoms with Crippen LogP contribution in [0.4, 0.5) is 0 Å². The molecule has 1 aliphatic heterocycles. The largest absolute Gasteiger partial charge is 0.122 e. The van der Waals surface area contributed by atoms with E-state index in [0.717, 1.165) is 5.25 Å². The topological polar surface area (TPSA) is 0 Å². The molecule has 0 fully saturated rings. The Labute approximate surface area is 97.5 Å². The van der Waals surface area contributed by atoms with Crippen molar-refractivity contribution in [3.63, 3.8) is 0 Å². The van der Waals surface area contributed by atoms with E-state index in [1.165, 1.54) is 24.2 Å². The molecule has 2 rings (SSSR count). The lowest BCUT2D eigenvalue weighted by Gasteiger charge is -2.36. The van der Waals surface area contributed by atoms with E-state index >= 15 is 0 Å². The molecule has 0 aliphatic carbocycles. The van der Waals surface area contributed by atoms with Gasteiger partial charge in [-0.2, -0.15) is 0 Å². The zero-order valence-electron chi connectivity index (χ0n) is 9.92. The summed E-state index contributed by atoms with van der Waals surface area (Å²) in [7, 11) is 0. The van der Waals surface area contributed by atoms with Crippen LogP contribution in [0.3, 0.4) is 0 Å². The molecule has 1 unspecified atom stereocenters. The second kappa shape index (κ2) is 4.21. The molecule has 1 heteroatoms. The van der Waals surface area contributed by atoms with E-state index in [-0.39, 0.29) is 0 Å². The summed E-state index contributed by atoms with van der Waals surface area (Å²) in [6, 6.07) is 8.87. The van der Waals surface area contributed by atoms with E-state index in [2.05, 4.69) is 56.8 Å². The van der Waals surface area contributed by atoms with E-state index < -0.39 is 0 Å². The van der Waals surface area contributed by atoms with Crippen LogP contribution >= 0.6 is 11.8 Å². The number of aryl methyl sites for hydroxylation is 1. The predicted molar refractivity (Wildman–Crippen MR) is 68.5 cm³/mol. The zero-order valence-corrected chi connectivity index (χ0v) is 10.7. The van der Waals surface area contributed by atoms with Crippen LogP contribution in [0.2, 0.25) is 0 Å². The highest BCUT2D eigenvalue weighted by atomic mass is 32.2. The van der Waals surface area contributed by atoms with E-state index in [9.17, 15) is 0 Å². The first-order chi connectivity index (χ1) is 7.13. The summed E-state index contributed by atoms with van der Waals surface area (Å²) >= 11 is 2.09. The first-order valence-corrected chi connectivity index (χ1v) is 6.76. The number of hydrogen-bond donors (Lipinski definition) is 0. The molecule has 1 atom stereocenters. The Morgan fingerprint density at radius 3 is 2.80 bits per heavy atom. The molecule has 1 aromatic carbocycles. The van der Waals surface area contributed by atoms with Gasteiger partial charge in [-0.3, -0.25) is 0 Å². The quantitative estimate of drug-likeness (QED) is 0.705.